The molecule has 0 aromatic carbocycles. The van der Waals surface area contributed by atoms with E-state index in [2.05, 4.69) is 13.8 Å². The lowest BCUT2D eigenvalue weighted by atomic mass is 10.1. The van der Waals surface area contributed by atoms with Crippen molar-refractivity contribution >= 4 is 0 Å². The van der Waals surface area contributed by atoms with Crippen LogP contribution in [0.2, 0.25) is 0 Å². The molecule has 88 valence electrons. The lowest BCUT2D eigenvalue weighted by molar-refractivity contribution is -0.196. The third kappa shape index (κ3) is 2.92. The maximum atomic E-state index is 5.98. The monoisotopic (exact) mass is 214 g/mol. The molecule has 3 heteroatoms. The third-order valence-electron chi connectivity index (χ3n) is 3.25. The number of rotatable bonds is 3. The van der Waals surface area contributed by atoms with Gasteiger partial charge in [-0.25, -0.2) is 0 Å². The van der Waals surface area contributed by atoms with E-state index in [4.69, 9.17) is 14.2 Å². The van der Waals surface area contributed by atoms with Crippen molar-refractivity contribution in [2.45, 2.75) is 70.6 Å². The van der Waals surface area contributed by atoms with E-state index in [9.17, 15) is 0 Å². The molecule has 2 saturated heterocycles. The van der Waals surface area contributed by atoms with E-state index in [0.29, 0.717) is 6.10 Å². The molecule has 2 heterocycles. The summed E-state index contributed by atoms with van der Waals surface area (Å²) in [6.07, 6.45) is 6.36. The van der Waals surface area contributed by atoms with Crippen molar-refractivity contribution in [3.63, 3.8) is 0 Å². The third-order valence-corrected chi connectivity index (χ3v) is 3.25. The van der Waals surface area contributed by atoms with Gasteiger partial charge in [-0.1, -0.05) is 6.92 Å². The molecule has 0 bridgehead atoms. The van der Waals surface area contributed by atoms with Crippen molar-refractivity contribution in [3.05, 3.63) is 0 Å². The predicted octanol–water partition coefficient (Wildman–Crippen LogP) is 2.49. The van der Waals surface area contributed by atoms with Gasteiger partial charge in [0.2, 0.25) is 0 Å². The fourth-order valence-electron chi connectivity index (χ4n) is 2.44. The average molecular weight is 214 g/mol. The van der Waals surface area contributed by atoms with E-state index in [1.807, 2.05) is 0 Å². The second-order valence-electron chi connectivity index (χ2n) is 4.60. The summed E-state index contributed by atoms with van der Waals surface area (Å²) in [5, 5.41) is 0. The van der Waals surface area contributed by atoms with Crippen LogP contribution in [0.25, 0.3) is 0 Å². The molecule has 4 atom stereocenters. The molecule has 0 spiro atoms. The molecule has 0 aromatic rings. The Morgan fingerprint density at radius 2 is 2.20 bits per heavy atom. The van der Waals surface area contributed by atoms with Gasteiger partial charge in [0.05, 0.1) is 18.3 Å². The van der Waals surface area contributed by atoms with Crippen LogP contribution in [0.4, 0.5) is 0 Å². The molecular weight excluding hydrogens is 192 g/mol. The number of hydrogen-bond acceptors (Lipinski definition) is 3. The summed E-state index contributed by atoms with van der Waals surface area (Å²) in [4.78, 5) is 0. The fraction of sp³-hybridized carbons (Fsp3) is 1.00. The number of ether oxygens (including phenoxy) is 3. The van der Waals surface area contributed by atoms with Gasteiger partial charge in [0, 0.05) is 13.0 Å². The Balaban J connectivity index is 1.81. The van der Waals surface area contributed by atoms with Gasteiger partial charge in [-0.05, 0) is 32.6 Å². The second-order valence-corrected chi connectivity index (χ2v) is 4.60. The Labute approximate surface area is 92.1 Å². The first-order chi connectivity index (χ1) is 7.29. The first-order valence-electron chi connectivity index (χ1n) is 6.22. The molecule has 0 N–H and O–H groups in total. The lowest BCUT2D eigenvalue weighted by Crippen LogP contribution is -2.32. The second kappa shape index (κ2) is 5.28. The first kappa shape index (κ1) is 11.4. The topological polar surface area (TPSA) is 27.7 Å². The molecule has 15 heavy (non-hydrogen) atoms. The van der Waals surface area contributed by atoms with Crippen LogP contribution in [0.5, 0.6) is 0 Å². The molecule has 2 rings (SSSR count). The van der Waals surface area contributed by atoms with Gasteiger partial charge in [0.1, 0.15) is 0 Å². The smallest absolute Gasteiger partial charge is 0.158 e. The zero-order chi connectivity index (χ0) is 10.7. The maximum Gasteiger partial charge on any atom is 0.158 e. The van der Waals surface area contributed by atoms with Crippen LogP contribution in [-0.2, 0) is 14.2 Å². The van der Waals surface area contributed by atoms with Crippen molar-refractivity contribution in [3.8, 4) is 0 Å². The average Bonchev–Trinajstić information content (AvgIpc) is 2.60. The van der Waals surface area contributed by atoms with E-state index in [-0.39, 0.29) is 18.5 Å². The Morgan fingerprint density at radius 3 is 2.87 bits per heavy atom. The minimum Gasteiger partial charge on any atom is -0.372 e. The minimum absolute atomic E-state index is 0.0201. The van der Waals surface area contributed by atoms with Gasteiger partial charge in [-0.2, -0.15) is 0 Å². The van der Waals surface area contributed by atoms with E-state index < -0.39 is 0 Å². The zero-order valence-electron chi connectivity index (χ0n) is 9.78. The van der Waals surface area contributed by atoms with Gasteiger partial charge in [0.15, 0.2) is 6.29 Å². The van der Waals surface area contributed by atoms with Crippen LogP contribution >= 0.6 is 0 Å². The van der Waals surface area contributed by atoms with Crippen LogP contribution < -0.4 is 0 Å². The summed E-state index contributed by atoms with van der Waals surface area (Å²) in [5.74, 6) is 0. The van der Waals surface area contributed by atoms with Gasteiger partial charge in [-0.3, -0.25) is 0 Å². The normalized spacial score (nSPS) is 42.0. The Bertz CT molecular complexity index is 189. The molecule has 0 aromatic heterocycles. The quantitative estimate of drug-likeness (QED) is 0.722. The Hall–Kier alpha value is -0.120. The lowest BCUT2D eigenvalue weighted by Gasteiger charge is -2.27. The summed E-state index contributed by atoms with van der Waals surface area (Å²) >= 11 is 0. The van der Waals surface area contributed by atoms with Crippen molar-refractivity contribution in [2.75, 3.05) is 6.61 Å². The summed E-state index contributed by atoms with van der Waals surface area (Å²) in [6, 6.07) is 0. The molecule has 0 radical (unpaired) electrons. The summed E-state index contributed by atoms with van der Waals surface area (Å²) in [6.45, 7) is 5.12. The van der Waals surface area contributed by atoms with Gasteiger partial charge >= 0.3 is 0 Å². The van der Waals surface area contributed by atoms with Gasteiger partial charge in [-0.15, -0.1) is 0 Å². The van der Waals surface area contributed by atoms with Crippen molar-refractivity contribution in [1.29, 1.82) is 0 Å². The molecule has 2 aliphatic rings. The fourth-order valence-corrected chi connectivity index (χ4v) is 2.44. The zero-order valence-corrected chi connectivity index (χ0v) is 9.78. The highest BCUT2D eigenvalue weighted by atomic mass is 16.7. The molecule has 3 unspecified atom stereocenters. The van der Waals surface area contributed by atoms with Crippen LogP contribution in [0.3, 0.4) is 0 Å². The van der Waals surface area contributed by atoms with Gasteiger partial charge in [0.25, 0.3) is 0 Å². The predicted molar refractivity (Wildman–Crippen MR) is 57.7 cm³/mol. The first-order valence-corrected chi connectivity index (χ1v) is 6.22. The largest absolute Gasteiger partial charge is 0.372 e. The summed E-state index contributed by atoms with van der Waals surface area (Å²) in [5.41, 5.74) is 0. The molecular formula is C12H22O3. The highest BCUT2D eigenvalue weighted by molar-refractivity contribution is 4.81. The van der Waals surface area contributed by atoms with Gasteiger partial charge < -0.3 is 14.2 Å². The molecule has 0 aliphatic carbocycles. The minimum atomic E-state index is 0.0201. The highest BCUT2D eigenvalue weighted by Gasteiger charge is 2.34. The van der Waals surface area contributed by atoms with Crippen LogP contribution in [0.15, 0.2) is 0 Å². The van der Waals surface area contributed by atoms with E-state index in [1.54, 1.807) is 0 Å². The van der Waals surface area contributed by atoms with Crippen LogP contribution in [0, 0.1) is 0 Å². The SMILES string of the molecule is CCC1O[C@H](C)CC1OC1CCCCO1. The molecule has 2 aliphatic heterocycles. The van der Waals surface area contributed by atoms with E-state index in [1.165, 1.54) is 12.8 Å². The molecule has 0 saturated carbocycles. The summed E-state index contributed by atoms with van der Waals surface area (Å²) < 4.78 is 17.4. The van der Waals surface area contributed by atoms with Crippen LogP contribution in [-0.4, -0.2) is 31.2 Å². The van der Waals surface area contributed by atoms with E-state index in [0.717, 1.165) is 25.9 Å². The molecule has 2 fully saturated rings. The Kier molecular flexibility index (Phi) is 4.00. The van der Waals surface area contributed by atoms with E-state index >= 15 is 0 Å². The molecule has 3 nitrogen and oxygen atoms in total. The molecule has 0 amide bonds. The highest BCUT2D eigenvalue weighted by Crippen LogP contribution is 2.28. The van der Waals surface area contributed by atoms with Crippen LogP contribution in [0.1, 0.15) is 46.0 Å². The Morgan fingerprint density at radius 1 is 1.33 bits per heavy atom. The van der Waals surface area contributed by atoms with Crippen molar-refractivity contribution in [1.82, 2.24) is 0 Å². The summed E-state index contributed by atoms with van der Waals surface area (Å²) in [7, 11) is 0. The standard InChI is InChI=1S/C12H22O3/c1-3-10-11(8-9(2)14-10)15-12-6-4-5-7-13-12/h9-12H,3-8H2,1-2H3/t9-,10?,11?,12?/m1/s1. The number of hydrogen-bond donors (Lipinski definition) is 0. The maximum absolute atomic E-state index is 5.98. The van der Waals surface area contributed by atoms with Crippen molar-refractivity contribution < 1.29 is 14.2 Å². The van der Waals surface area contributed by atoms with Crippen molar-refractivity contribution in [2.24, 2.45) is 0 Å².